The molecule has 2 fully saturated rings. The predicted octanol–water partition coefficient (Wildman–Crippen LogP) is 8.52. The van der Waals surface area contributed by atoms with Crippen molar-refractivity contribution in [1.29, 1.82) is 0 Å². The van der Waals surface area contributed by atoms with E-state index in [1.807, 2.05) is 58.2 Å². The SMILES string of the molecule is CC(C)[C@H](NC(=O)OC1CCCC1)C(=O)N1CC=C[C@H]1C1=NC=C(c2ccc(-c3ccc(-c4cnc([C@@H]5C=CCN5C(=O)[C@@H](NC(=O)OC5CCCC5)C(C)C)[nH]4)cc3)cc2)C1. The Labute approximate surface area is 364 Å². The van der Waals surface area contributed by atoms with E-state index >= 15 is 0 Å². The van der Waals surface area contributed by atoms with Crippen LogP contribution in [0.25, 0.3) is 28.0 Å². The molecule has 326 valence electrons. The van der Waals surface area contributed by atoms with Gasteiger partial charge in [-0.3, -0.25) is 14.6 Å². The van der Waals surface area contributed by atoms with Crippen LogP contribution in [0.5, 0.6) is 0 Å². The molecule has 62 heavy (non-hydrogen) atoms. The van der Waals surface area contributed by atoms with Gasteiger partial charge in [-0.15, -0.1) is 0 Å². The quantitative estimate of drug-likeness (QED) is 0.146. The smallest absolute Gasteiger partial charge is 0.408 e. The maximum atomic E-state index is 13.9. The van der Waals surface area contributed by atoms with Gasteiger partial charge in [0.25, 0.3) is 0 Å². The van der Waals surface area contributed by atoms with Crippen LogP contribution < -0.4 is 10.6 Å². The fourth-order valence-electron chi connectivity index (χ4n) is 9.20. The fraction of sp³-hybridized carbons (Fsp3) is 0.469. The van der Waals surface area contributed by atoms with Crippen LogP contribution in [-0.2, 0) is 19.1 Å². The summed E-state index contributed by atoms with van der Waals surface area (Å²) in [5.41, 5.74) is 7.00. The summed E-state index contributed by atoms with van der Waals surface area (Å²) < 4.78 is 11.2. The monoisotopic (exact) mass is 841 g/mol. The van der Waals surface area contributed by atoms with Crippen molar-refractivity contribution < 1.29 is 28.7 Å². The van der Waals surface area contributed by atoms with E-state index in [9.17, 15) is 19.2 Å². The Kier molecular flexibility index (Phi) is 13.1. The molecule has 3 aromatic rings. The molecule has 1 aromatic heterocycles. The van der Waals surface area contributed by atoms with Gasteiger partial charge < -0.3 is 34.9 Å². The molecular formula is C49H59N7O6. The number of aliphatic imine (C=N–C) groups is 1. The highest BCUT2D eigenvalue weighted by molar-refractivity contribution is 6.05. The average molecular weight is 842 g/mol. The molecule has 2 aliphatic carbocycles. The topological polar surface area (TPSA) is 158 Å². The number of hydrogen-bond donors (Lipinski definition) is 3. The molecule has 0 unspecified atom stereocenters. The summed E-state index contributed by atoms with van der Waals surface area (Å²) in [6.07, 6.45) is 18.8. The second-order valence-corrected chi connectivity index (χ2v) is 17.9. The normalized spacial score (nSPS) is 21.1. The molecule has 0 spiro atoms. The van der Waals surface area contributed by atoms with Crippen molar-refractivity contribution in [3.63, 3.8) is 0 Å². The number of aromatic amines is 1. The molecule has 4 atom stereocenters. The van der Waals surface area contributed by atoms with Gasteiger partial charge in [0, 0.05) is 31.4 Å². The Hall–Kier alpha value is -5.98. The summed E-state index contributed by atoms with van der Waals surface area (Å²) in [6, 6.07) is 14.7. The number of carbonyl (C=O) groups excluding carboxylic acids is 4. The first kappa shape index (κ1) is 42.7. The molecular weight excluding hydrogens is 783 g/mol. The molecule has 8 rings (SSSR count). The number of hydrogen-bond acceptors (Lipinski definition) is 8. The molecule has 13 heteroatoms. The van der Waals surface area contributed by atoms with Crippen LogP contribution in [0.15, 0.2) is 90.2 Å². The summed E-state index contributed by atoms with van der Waals surface area (Å²) >= 11 is 0. The van der Waals surface area contributed by atoms with Crippen LogP contribution >= 0.6 is 0 Å². The molecule has 5 aliphatic rings. The van der Waals surface area contributed by atoms with Gasteiger partial charge in [0.1, 0.15) is 36.2 Å². The highest BCUT2D eigenvalue weighted by Crippen LogP contribution is 2.33. The summed E-state index contributed by atoms with van der Waals surface area (Å²) in [5, 5.41) is 5.71. The number of benzene rings is 2. The molecule has 4 amide bonds. The molecule has 4 heterocycles. The van der Waals surface area contributed by atoms with Gasteiger partial charge in [-0.1, -0.05) is 101 Å². The van der Waals surface area contributed by atoms with Crippen molar-refractivity contribution in [3.8, 4) is 22.4 Å². The number of nitrogens with one attached hydrogen (secondary N) is 3. The van der Waals surface area contributed by atoms with Gasteiger partial charge in [-0.2, -0.15) is 0 Å². The largest absolute Gasteiger partial charge is 0.446 e. The van der Waals surface area contributed by atoms with Crippen molar-refractivity contribution in [3.05, 3.63) is 96.6 Å². The van der Waals surface area contributed by atoms with E-state index < -0.39 is 24.3 Å². The molecule has 2 aromatic carbocycles. The van der Waals surface area contributed by atoms with Crippen LogP contribution in [-0.4, -0.2) is 92.9 Å². The van der Waals surface area contributed by atoms with Gasteiger partial charge in [-0.05, 0) is 91.0 Å². The van der Waals surface area contributed by atoms with Gasteiger partial charge in [0.15, 0.2) is 0 Å². The lowest BCUT2D eigenvalue weighted by Gasteiger charge is -2.31. The van der Waals surface area contributed by atoms with Crippen LogP contribution in [0.4, 0.5) is 9.59 Å². The zero-order chi connectivity index (χ0) is 43.3. The van der Waals surface area contributed by atoms with Crippen LogP contribution in [0.3, 0.4) is 0 Å². The number of allylic oxidation sites excluding steroid dienone is 1. The number of aromatic nitrogens is 2. The minimum Gasteiger partial charge on any atom is -0.446 e. The molecule has 13 nitrogen and oxygen atoms in total. The lowest BCUT2D eigenvalue weighted by molar-refractivity contribution is -0.135. The number of alkyl carbamates (subject to hydrolysis) is 2. The Bertz CT molecular complexity index is 2230. The Balaban J connectivity index is 0.857. The predicted molar refractivity (Wildman–Crippen MR) is 239 cm³/mol. The number of nitrogens with zero attached hydrogens (tertiary/aromatic N) is 4. The minimum atomic E-state index is -0.715. The third kappa shape index (κ3) is 9.56. The molecule has 3 N–H and O–H groups in total. The molecule has 0 radical (unpaired) electrons. The van der Waals surface area contributed by atoms with Crippen molar-refractivity contribution in [2.75, 3.05) is 13.1 Å². The lowest BCUT2D eigenvalue weighted by atomic mass is 9.96. The number of amides is 4. The maximum absolute atomic E-state index is 13.9. The summed E-state index contributed by atoms with van der Waals surface area (Å²) in [6.45, 7) is 8.61. The first-order valence-electron chi connectivity index (χ1n) is 22.4. The van der Waals surface area contributed by atoms with Gasteiger partial charge in [0.2, 0.25) is 11.8 Å². The van der Waals surface area contributed by atoms with E-state index in [1.54, 1.807) is 16.0 Å². The second-order valence-electron chi connectivity index (χ2n) is 17.9. The van der Waals surface area contributed by atoms with E-state index in [2.05, 4.69) is 69.1 Å². The first-order chi connectivity index (χ1) is 30.0. The van der Waals surface area contributed by atoms with E-state index in [1.165, 1.54) is 0 Å². The van der Waals surface area contributed by atoms with Gasteiger partial charge in [0.05, 0.1) is 17.9 Å². The first-order valence-corrected chi connectivity index (χ1v) is 22.4. The van der Waals surface area contributed by atoms with E-state index in [4.69, 9.17) is 14.5 Å². The maximum Gasteiger partial charge on any atom is 0.408 e. The average Bonchev–Trinajstić information content (AvgIpc) is 4.12. The van der Waals surface area contributed by atoms with Crippen molar-refractivity contribution in [1.82, 2.24) is 30.4 Å². The number of ether oxygens (including phenoxy) is 2. The van der Waals surface area contributed by atoms with Crippen molar-refractivity contribution in [2.24, 2.45) is 16.8 Å². The highest BCUT2D eigenvalue weighted by atomic mass is 16.6. The zero-order valence-corrected chi connectivity index (χ0v) is 36.2. The molecule has 3 aliphatic heterocycles. The summed E-state index contributed by atoms with van der Waals surface area (Å²) in [5.74, 6) is 0.121. The van der Waals surface area contributed by atoms with Gasteiger partial charge >= 0.3 is 12.2 Å². The molecule has 0 saturated heterocycles. The standard InChI is InChI=1S/C49H59N7O6/c1-30(2)43(53-48(59)61-37-11-5-6-12-37)46(57)55-25-9-15-41(55)39-27-36(28-50-39)34-19-17-32(18-20-34)33-21-23-35(24-22-33)40-29-51-45(52-40)42-16-10-26-56(42)47(58)44(31(3)4)54-49(60)62-38-13-7-8-14-38/h9-10,15-24,28-31,37-38,41-44H,5-8,11-14,25-27H2,1-4H3,(H,51,52)(H,53,59)(H,54,60)/t41-,42-,43-,44-/m0/s1. The summed E-state index contributed by atoms with van der Waals surface area (Å²) in [4.78, 5) is 69.6. The fourth-order valence-corrected chi connectivity index (χ4v) is 9.20. The van der Waals surface area contributed by atoms with Crippen LogP contribution in [0, 0.1) is 11.8 Å². The lowest BCUT2D eigenvalue weighted by Crippen LogP contribution is -2.54. The molecule has 2 saturated carbocycles. The third-order valence-corrected chi connectivity index (χ3v) is 12.8. The van der Waals surface area contributed by atoms with E-state index in [0.717, 1.165) is 90.6 Å². The second kappa shape index (κ2) is 19.0. The van der Waals surface area contributed by atoms with E-state index in [0.29, 0.717) is 25.3 Å². The Morgan fingerprint density at radius 2 is 1.13 bits per heavy atom. The zero-order valence-electron chi connectivity index (χ0n) is 36.2. The number of carbonyl (C=O) groups is 4. The Morgan fingerprint density at radius 3 is 1.65 bits per heavy atom. The van der Waals surface area contributed by atoms with Crippen molar-refractivity contribution in [2.45, 2.75) is 122 Å². The van der Waals surface area contributed by atoms with Crippen LogP contribution in [0.1, 0.15) is 103 Å². The highest BCUT2D eigenvalue weighted by Gasteiger charge is 2.38. The number of H-pyrrole nitrogens is 1. The number of imidazole rings is 1. The minimum absolute atomic E-state index is 0.0732. The van der Waals surface area contributed by atoms with Gasteiger partial charge in [-0.25, -0.2) is 14.6 Å². The van der Waals surface area contributed by atoms with E-state index in [-0.39, 0.29) is 47.9 Å². The number of rotatable bonds is 13. The Morgan fingerprint density at radius 1 is 0.661 bits per heavy atom. The van der Waals surface area contributed by atoms with Crippen molar-refractivity contribution >= 4 is 35.3 Å². The third-order valence-electron chi connectivity index (χ3n) is 12.8. The summed E-state index contributed by atoms with van der Waals surface area (Å²) in [7, 11) is 0. The molecule has 0 bridgehead atoms. The van der Waals surface area contributed by atoms with Crippen LogP contribution in [0.2, 0.25) is 0 Å².